The minimum Gasteiger partial charge on any atom is -0.508 e. The number of phenols is 1. The monoisotopic (exact) mass is 246 g/mol. The Bertz CT molecular complexity index is 506. The molecule has 0 saturated carbocycles. The van der Waals surface area contributed by atoms with E-state index >= 15 is 0 Å². The number of phenolic OH excluding ortho intramolecular Hbond substituents is 1. The fourth-order valence-corrected chi connectivity index (χ4v) is 2.23. The van der Waals surface area contributed by atoms with Gasteiger partial charge in [-0.3, -0.25) is 0 Å². The van der Waals surface area contributed by atoms with Gasteiger partial charge in [0.15, 0.2) is 0 Å². The van der Waals surface area contributed by atoms with Crippen molar-refractivity contribution in [1.82, 2.24) is 0 Å². The van der Waals surface area contributed by atoms with E-state index in [1.807, 2.05) is 25.1 Å². The maximum Gasteiger partial charge on any atom is 0.118 e. The lowest BCUT2D eigenvalue weighted by Gasteiger charge is -2.10. The number of halogens is 1. The molecule has 2 heteroatoms. The Kier molecular flexibility index (Phi) is 3.70. The van der Waals surface area contributed by atoms with Crippen LogP contribution in [-0.2, 0) is 12.8 Å². The average molecular weight is 247 g/mol. The van der Waals surface area contributed by atoms with Gasteiger partial charge in [0.05, 0.1) is 0 Å². The predicted octanol–water partition coefficient (Wildman–Crippen LogP) is 4.14. The van der Waals surface area contributed by atoms with E-state index in [4.69, 9.17) is 11.6 Å². The molecular weight excluding hydrogens is 232 g/mol. The quantitative estimate of drug-likeness (QED) is 0.863. The van der Waals surface area contributed by atoms with Crippen LogP contribution >= 0.6 is 11.6 Å². The molecule has 0 aliphatic heterocycles. The molecule has 2 rings (SSSR count). The second kappa shape index (κ2) is 5.24. The minimum absolute atomic E-state index is 0.317. The molecule has 0 heterocycles. The molecule has 0 radical (unpaired) electrons. The second-order valence-corrected chi connectivity index (χ2v) is 4.56. The molecule has 0 aromatic heterocycles. The SMILES string of the molecule is Cc1c(O)ccc(Cl)c1CCc1ccccc1. The van der Waals surface area contributed by atoms with E-state index in [0.29, 0.717) is 5.75 Å². The first kappa shape index (κ1) is 12.0. The first-order valence-electron chi connectivity index (χ1n) is 5.69. The van der Waals surface area contributed by atoms with Gasteiger partial charge in [0, 0.05) is 5.02 Å². The van der Waals surface area contributed by atoms with Crippen molar-refractivity contribution in [1.29, 1.82) is 0 Å². The van der Waals surface area contributed by atoms with Crippen LogP contribution in [0.3, 0.4) is 0 Å². The summed E-state index contributed by atoms with van der Waals surface area (Å²) in [7, 11) is 0. The van der Waals surface area contributed by atoms with Gasteiger partial charge in [-0.05, 0) is 48.6 Å². The van der Waals surface area contributed by atoms with Crippen LogP contribution in [0.15, 0.2) is 42.5 Å². The van der Waals surface area contributed by atoms with Gasteiger partial charge >= 0.3 is 0 Å². The molecule has 0 spiro atoms. The van der Waals surface area contributed by atoms with E-state index in [9.17, 15) is 5.11 Å². The summed E-state index contributed by atoms with van der Waals surface area (Å²) in [5.74, 6) is 0.317. The second-order valence-electron chi connectivity index (χ2n) is 4.16. The fraction of sp³-hybridized carbons (Fsp3) is 0.200. The van der Waals surface area contributed by atoms with Crippen LogP contribution in [0.2, 0.25) is 5.02 Å². The van der Waals surface area contributed by atoms with E-state index in [2.05, 4.69) is 12.1 Å². The van der Waals surface area contributed by atoms with Gasteiger partial charge in [-0.2, -0.15) is 0 Å². The highest BCUT2D eigenvalue weighted by molar-refractivity contribution is 6.31. The first-order valence-corrected chi connectivity index (χ1v) is 6.07. The van der Waals surface area contributed by atoms with Gasteiger partial charge in [-0.1, -0.05) is 41.9 Å². The van der Waals surface area contributed by atoms with Gasteiger partial charge in [-0.25, -0.2) is 0 Å². The van der Waals surface area contributed by atoms with Crippen LogP contribution in [0.5, 0.6) is 5.75 Å². The number of rotatable bonds is 3. The van der Waals surface area contributed by atoms with E-state index in [1.54, 1.807) is 12.1 Å². The fourth-order valence-electron chi connectivity index (χ4n) is 1.93. The van der Waals surface area contributed by atoms with E-state index in [0.717, 1.165) is 29.0 Å². The number of benzene rings is 2. The van der Waals surface area contributed by atoms with Crippen LogP contribution in [0.1, 0.15) is 16.7 Å². The number of aromatic hydroxyl groups is 1. The van der Waals surface area contributed by atoms with Gasteiger partial charge in [0.2, 0.25) is 0 Å². The summed E-state index contributed by atoms with van der Waals surface area (Å²) in [6, 6.07) is 13.7. The van der Waals surface area contributed by atoms with Crippen molar-refractivity contribution < 1.29 is 5.11 Å². The number of aryl methyl sites for hydroxylation is 1. The predicted molar refractivity (Wildman–Crippen MR) is 71.7 cm³/mol. The Hall–Kier alpha value is -1.47. The highest BCUT2D eigenvalue weighted by Gasteiger charge is 2.08. The standard InChI is InChI=1S/C15H15ClO/c1-11-13(14(16)9-10-15(11)17)8-7-12-5-3-2-4-6-12/h2-6,9-10,17H,7-8H2,1H3. The zero-order valence-corrected chi connectivity index (χ0v) is 10.5. The van der Waals surface area contributed by atoms with E-state index in [-0.39, 0.29) is 0 Å². The molecule has 2 aromatic carbocycles. The van der Waals surface area contributed by atoms with Crippen LogP contribution in [0, 0.1) is 6.92 Å². The summed E-state index contributed by atoms with van der Waals surface area (Å²) in [4.78, 5) is 0. The van der Waals surface area contributed by atoms with Crippen molar-refractivity contribution in [2.75, 3.05) is 0 Å². The maximum atomic E-state index is 9.66. The van der Waals surface area contributed by atoms with Crippen LogP contribution in [0.4, 0.5) is 0 Å². The smallest absolute Gasteiger partial charge is 0.118 e. The van der Waals surface area contributed by atoms with Gasteiger partial charge in [0.25, 0.3) is 0 Å². The minimum atomic E-state index is 0.317. The average Bonchev–Trinajstić information content (AvgIpc) is 2.35. The number of hydrogen-bond acceptors (Lipinski definition) is 1. The van der Waals surface area contributed by atoms with Crippen LogP contribution < -0.4 is 0 Å². The lowest BCUT2D eigenvalue weighted by molar-refractivity contribution is 0.470. The summed E-state index contributed by atoms with van der Waals surface area (Å²) in [5.41, 5.74) is 3.20. The van der Waals surface area contributed by atoms with Crippen molar-refractivity contribution in [3.05, 3.63) is 64.2 Å². The lowest BCUT2D eigenvalue weighted by Crippen LogP contribution is -1.95. The van der Waals surface area contributed by atoms with Crippen molar-refractivity contribution in [3.63, 3.8) is 0 Å². The normalized spacial score (nSPS) is 10.5. The number of hydrogen-bond donors (Lipinski definition) is 1. The Balaban J connectivity index is 2.17. The molecule has 0 fully saturated rings. The van der Waals surface area contributed by atoms with Crippen LogP contribution in [-0.4, -0.2) is 5.11 Å². The van der Waals surface area contributed by atoms with Gasteiger partial charge < -0.3 is 5.11 Å². The lowest BCUT2D eigenvalue weighted by atomic mass is 10.00. The summed E-state index contributed by atoms with van der Waals surface area (Å²) < 4.78 is 0. The Morgan fingerprint density at radius 2 is 1.71 bits per heavy atom. The highest BCUT2D eigenvalue weighted by atomic mass is 35.5. The van der Waals surface area contributed by atoms with Gasteiger partial charge in [-0.15, -0.1) is 0 Å². The molecule has 0 aliphatic carbocycles. The summed E-state index contributed by atoms with van der Waals surface area (Å²) >= 11 is 6.16. The van der Waals surface area contributed by atoms with Crippen molar-refractivity contribution in [3.8, 4) is 5.75 Å². The summed E-state index contributed by atoms with van der Waals surface area (Å²) in [6.45, 7) is 1.90. The van der Waals surface area contributed by atoms with Crippen molar-refractivity contribution in [2.24, 2.45) is 0 Å². The Labute approximate surface area is 107 Å². The Morgan fingerprint density at radius 3 is 2.41 bits per heavy atom. The molecular formula is C15H15ClO. The zero-order valence-electron chi connectivity index (χ0n) is 9.78. The molecule has 1 N–H and O–H groups in total. The molecule has 0 saturated heterocycles. The third kappa shape index (κ3) is 2.80. The van der Waals surface area contributed by atoms with Crippen LogP contribution in [0.25, 0.3) is 0 Å². The zero-order chi connectivity index (χ0) is 12.3. The summed E-state index contributed by atoms with van der Waals surface area (Å²) in [6.07, 6.45) is 1.79. The topological polar surface area (TPSA) is 20.2 Å². The van der Waals surface area contributed by atoms with Crippen molar-refractivity contribution >= 4 is 11.6 Å². The summed E-state index contributed by atoms with van der Waals surface area (Å²) in [5, 5.41) is 10.4. The van der Waals surface area contributed by atoms with Crippen molar-refractivity contribution in [2.45, 2.75) is 19.8 Å². The third-order valence-electron chi connectivity index (χ3n) is 3.02. The molecule has 0 bridgehead atoms. The van der Waals surface area contributed by atoms with E-state index < -0.39 is 0 Å². The van der Waals surface area contributed by atoms with Gasteiger partial charge in [0.1, 0.15) is 5.75 Å². The van der Waals surface area contributed by atoms with E-state index in [1.165, 1.54) is 5.56 Å². The maximum absolute atomic E-state index is 9.66. The molecule has 88 valence electrons. The first-order chi connectivity index (χ1) is 8.18. The molecule has 0 atom stereocenters. The molecule has 0 amide bonds. The Morgan fingerprint density at radius 1 is 1.00 bits per heavy atom. The molecule has 2 aromatic rings. The molecule has 17 heavy (non-hydrogen) atoms. The molecule has 1 nitrogen and oxygen atoms in total. The third-order valence-corrected chi connectivity index (χ3v) is 3.37. The molecule has 0 aliphatic rings. The molecule has 0 unspecified atom stereocenters. The largest absolute Gasteiger partial charge is 0.508 e. The highest BCUT2D eigenvalue weighted by Crippen LogP contribution is 2.28.